The maximum absolute atomic E-state index is 12.6. The highest BCUT2D eigenvalue weighted by molar-refractivity contribution is 5.66. The molecule has 3 heteroatoms. The number of nitrogens with one attached hydrogen (secondary N) is 1. The second-order valence-electron chi connectivity index (χ2n) is 5.91. The summed E-state index contributed by atoms with van der Waals surface area (Å²) in [5, 5.41) is 3.03. The van der Waals surface area contributed by atoms with E-state index in [2.05, 4.69) is 31.1 Å². The number of rotatable bonds is 5. The van der Waals surface area contributed by atoms with Crippen molar-refractivity contribution in [1.82, 2.24) is 9.78 Å². The highest BCUT2D eigenvalue weighted by Gasteiger charge is 2.17. The lowest BCUT2D eigenvalue weighted by Crippen LogP contribution is -2.05. The maximum atomic E-state index is 12.6. The minimum atomic E-state index is -0.0243. The largest absolute Gasteiger partial charge is 0.272 e. The molecule has 118 valence electrons. The quantitative estimate of drug-likeness (QED) is 0.741. The van der Waals surface area contributed by atoms with Crippen LogP contribution < -0.4 is 5.56 Å². The number of H-pyrrole nitrogens is 1. The van der Waals surface area contributed by atoms with Crippen molar-refractivity contribution >= 4 is 0 Å². The monoisotopic (exact) mass is 306 g/mol. The van der Waals surface area contributed by atoms with E-state index in [0.29, 0.717) is 0 Å². The average molecular weight is 306 g/mol. The van der Waals surface area contributed by atoms with Crippen molar-refractivity contribution in [3.8, 4) is 16.8 Å². The molecule has 3 aromatic rings. The lowest BCUT2D eigenvalue weighted by atomic mass is 10.0. The number of aromatic amines is 1. The van der Waals surface area contributed by atoms with Crippen molar-refractivity contribution in [3.63, 3.8) is 0 Å². The smallest absolute Gasteiger partial charge is 0.267 e. The van der Waals surface area contributed by atoms with E-state index in [-0.39, 0.29) is 5.56 Å². The van der Waals surface area contributed by atoms with Gasteiger partial charge in [0, 0.05) is 0 Å². The molecule has 1 heterocycles. The normalized spacial score (nSPS) is 10.9. The number of hydrogen-bond donors (Lipinski definition) is 1. The van der Waals surface area contributed by atoms with Crippen molar-refractivity contribution in [2.45, 2.75) is 33.1 Å². The van der Waals surface area contributed by atoms with Crippen molar-refractivity contribution in [2.75, 3.05) is 0 Å². The lowest BCUT2D eigenvalue weighted by molar-refractivity contribution is 0.727. The average Bonchev–Trinajstić information content (AvgIpc) is 2.90. The Hall–Kier alpha value is -2.55. The maximum Gasteiger partial charge on any atom is 0.272 e. The Morgan fingerprint density at radius 3 is 2.52 bits per heavy atom. The third-order valence-electron chi connectivity index (χ3n) is 4.09. The third-order valence-corrected chi connectivity index (χ3v) is 4.09. The summed E-state index contributed by atoms with van der Waals surface area (Å²) in [5.74, 6) is 0. The van der Waals surface area contributed by atoms with Crippen LogP contribution >= 0.6 is 0 Å². The molecule has 0 saturated carbocycles. The second-order valence-corrected chi connectivity index (χ2v) is 5.91. The molecular weight excluding hydrogens is 284 g/mol. The van der Waals surface area contributed by atoms with E-state index in [1.807, 2.05) is 47.1 Å². The summed E-state index contributed by atoms with van der Waals surface area (Å²) in [4.78, 5) is 12.6. The van der Waals surface area contributed by atoms with Gasteiger partial charge in [0.25, 0.3) is 5.56 Å². The van der Waals surface area contributed by atoms with Crippen LogP contribution in [0.1, 0.15) is 31.0 Å². The molecule has 0 atom stereocenters. The zero-order chi connectivity index (χ0) is 16.2. The van der Waals surface area contributed by atoms with Crippen LogP contribution in [0, 0.1) is 6.92 Å². The highest BCUT2D eigenvalue weighted by atomic mass is 16.1. The molecule has 2 aromatic carbocycles. The van der Waals surface area contributed by atoms with Crippen LogP contribution in [-0.4, -0.2) is 9.78 Å². The summed E-state index contributed by atoms with van der Waals surface area (Å²) in [7, 11) is 0. The Morgan fingerprint density at radius 1 is 1.04 bits per heavy atom. The van der Waals surface area contributed by atoms with Crippen molar-refractivity contribution in [2.24, 2.45) is 0 Å². The fraction of sp³-hybridized carbons (Fsp3) is 0.250. The Bertz CT molecular complexity index is 844. The predicted octanol–water partition coefficient (Wildman–Crippen LogP) is 4.48. The molecule has 0 radical (unpaired) electrons. The molecule has 1 N–H and O–H groups in total. The van der Waals surface area contributed by atoms with E-state index in [1.165, 1.54) is 5.56 Å². The molecule has 0 aliphatic heterocycles. The lowest BCUT2D eigenvalue weighted by Gasteiger charge is -2.11. The van der Waals surface area contributed by atoms with Gasteiger partial charge in [-0.15, -0.1) is 0 Å². The molecule has 3 nitrogen and oxygen atoms in total. The molecule has 0 spiro atoms. The van der Waals surface area contributed by atoms with Crippen LogP contribution in [0.5, 0.6) is 0 Å². The first kappa shape index (κ1) is 15.3. The summed E-state index contributed by atoms with van der Waals surface area (Å²) < 4.78 is 1.95. The van der Waals surface area contributed by atoms with Gasteiger partial charge in [0.05, 0.1) is 16.9 Å². The number of aryl methyl sites for hydroxylation is 1. The first-order chi connectivity index (χ1) is 11.2. The van der Waals surface area contributed by atoms with Gasteiger partial charge in [-0.3, -0.25) is 14.6 Å². The summed E-state index contributed by atoms with van der Waals surface area (Å²) in [6.07, 6.45) is 3.04. The standard InChI is InChI=1S/C20H22N2O/c1-3-4-13-18-19(16-10-6-5-7-11-16)20(23)21-22(18)17-12-8-9-15(2)14-17/h5-12,14H,3-4,13H2,1-2H3,(H,21,23). The van der Waals surface area contributed by atoms with Gasteiger partial charge in [0.15, 0.2) is 0 Å². The van der Waals surface area contributed by atoms with Crippen molar-refractivity contribution in [1.29, 1.82) is 0 Å². The first-order valence-corrected chi connectivity index (χ1v) is 8.17. The summed E-state index contributed by atoms with van der Waals surface area (Å²) in [6, 6.07) is 18.1. The number of benzene rings is 2. The van der Waals surface area contributed by atoms with Crippen LogP contribution in [0.3, 0.4) is 0 Å². The topological polar surface area (TPSA) is 37.8 Å². The van der Waals surface area contributed by atoms with E-state index < -0.39 is 0 Å². The second kappa shape index (κ2) is 6.69. The molecular formula is C20H22N2O. The van der Waals surface area contributed by atoms with Crippen LogP contribution in [0.15, 0.2) is 59.4 Å². The number of hydrogen-bond acceptors (Lipinski definition) is 1. The van der Waals surface area contributed by atoms with Gasteiger partial charge < -0.3 is 0 Å². The highest BCUT2D eigenvalue weighted by Crippen LogP contribution is 2.24. The zero-order valence-electron chi connectivity index (χ0n) is 13.7. The molecule has 0 bridgehead atoms. The van der Waals surface area contributed by atoms with Gasteiger partial charge in [-0.05, 0) is 43.0 Å². The van der Waals surface area contributed by atoms with Crippen LogP contribution in [0.25, 0.3) is 16.8 Å². The Balaban J connectivity index is 2.19. The SMILES string of the molecule is CCCCc1c(-c2ccccc2)c(=O)[nH]n1-c1cccc(C)c1. The minimum Gasteiger partial charge on any atom is -0.267 e. The fourth-order valence-electron chi connectivity index (χ4n) is 2.94. The van der Waals surface area contributed by atoms with Gasteiger partial charge in [-0.1, -0.05) is 55.8 Å². The predicted molar refractivity (Wildman–Crippen MR) is 95.2 cm³/mol. The first-order valence-electron chi connectivity index (χ1n) is 8.17. The van der Waals surface area contributed by atoms with Gasteiger partial charge in [-0.25, -0.2) is 0 Å². The molecule has 0 saturated heterocycles. The van der Waals surface area contributed by atoms with Crippen LogP contribution in [-0.2, 0) is 6.42 Å². The molecule has 0 fully saturated rings. The van der Waals surface area contributed by atoms with Gasteiger partial charge in [0.1, 0.15) is 0 Å². The Morgan fingerprint density at radius 2 is 1.83 bits per heavy atom. The van der Waals surface area contributed by atoms with Crippen molar-refractivity contribution in [3.05, 3.63) is 76.2 Å². The molecule has 3 rings (SSSR count). The van der Waals surface area contributed by atoms with Gasteiger partial charge in [-0.2, -0.15) is 0 Å². The summed E-state index contributed by atoms with van der Waals surface area (Å²) >= 11 is 0. The van der Waals surface area contributed by atoms with E-state index in [4.69, 9.17) is 0 Å². The third kappa shape index (κ3) is 3.14. The van der Waals surface area contributed by atoms with Crippen molar-refractivity contribution < 1.29 is 0 Å². The summed E-state index contributed by atoms with van der Waals surface area (Å²) in [5.41, 5.74) is 5.00. The number of nitrogens with zero attached hydrogens (tertiary/aromatic N) is 1. The molecule has 0 aliphatic carbocycles. The van der Waals surface area contributed by atoms with Gasteiger partial charge in [0.2, 0.25) is 0 Å². The molecule has 23 heavy (non-hydrogen) atoms. The van der Waals surface area contributed by atoms with E-state index >= 15 is 0 Å². The molecule has 0 amide bonds. The fourth-order valence-corrected chi connectivity index (χ4v) is 2.94. The Labute approximate surface area is 136 Å². The Kier molecular flexibility index (Phi) is 4.47. The van der Waals surface area contributed by atoms with Crippen LogP contribution in [0.4, 0.5) is 0 Å². The van der Waals surface area contributed by atoms with Crippen LogP contribution in [0.2, 0.25) is 0 Å². The number of unbranched alkanes of at least 4 members (excludes halogenated alkanes) is 1. The molecule has 1 aromatic heterocycles. The number of aromatic nitrogens is 2. The zero-order valence-corrected chi connectivity index (χ0v) is 13.7. The van der Waals surface area contributed by atoms with E-state index in [0.717, 1.165) is 41.8 Å². The van der Waals surface area contributed by atoms with E-state index in [9.17, 15) is 4.79 Å². The van der Waals surface area contributed by atoms with Gasteiger partial charge >= 0.3 is 0 Å². The molecule has 0 aliphatic rings. The minimum absolute atomic E-state index is 0.0243. The summed E-state index contributed by atoms with van der Waals surface area (Å²) in [6.45, 7) is 4.24. The van der Waals surface area contributed by atoms with E-state index in [1.54, 1.807) is 0 Å². The molecule has 0 unspecified atom stereocenters.